The van der Waals surface area contributed by atoms with Gasteiger partial charge < -0.3 is 5.11 Å². The van der Waals surface area contributed by atoms with E-state index in [0.29, 0.717) is 0 Å². The van der Waals surface area contributed by atoms with Crippen molar-refractivity contribution in [1.82, 2.24) is 0 Å². The summed E-state index contributed by atoms with van der Waals surface area (Å²) in [7, 11) is 1.00. The van der Waals surface area contributed by atoms with E-state index in [1.165, 1.54) is 64.6 Å². The van der Waals surface area contributed by atoms with Gasteiger partial charge in [0.1, 0.15) is 0 Å². The molecule has 1 heteroatoms. The van der Waals surface area contributed by atoms with Crippen LogP contribution in [0.4, 0.5) is 0 Å². The molecule has 1 nitrogen and oxygen atoms in total. The molecule has 0 aliphatic carbocycles. The van der Waals surface area contributed by atoms with E-state index in [2.05, 4.69) is 72.8 Å². The lowest BCUT2D eigenvalue weighted by atomic mass is 9.83. The molecule has 122 valence electrons. The Morgan fingerprint density at radius 2 is 0.423 bits per heavy atom. The van der Waals surface area contributed by atoms with E-state index in [0.717, 1.165) is 7.11 Å². The minimum Gasteiger partial charge on any atom is -0.400 e. The lowest BCUT2D eigenvalue weighted by molar-refractivity contribution is 0.399. The highest BCUT2D eigenvalue weighted by Gasteiger charge is 2.19. The van der Waals surface area contributed by atoms with Gasteiger partial charge in [0.15, 0.2) is 0 Å². The third kappa shape index (κ3) is 1.46. The van der Waals surface area contributed by atoms with Gasteiger partial charge in [0.2, 0.25) is 0 Å². The molecule has 7 aromatic rings. The van der Waals surface area contributed by atoms with Crippen molar-refractivity contribution >= 4 is 64.6 Å². The zero-order chi connectivity index (χ0) is 17.4. The highest BCUT2D eigenvalue weighted by atomic mass is 16.2. The topological polar surface area (TPSA) is 20.2 Å². The smallest absolute Gasteiger partial charge is 0.0319 e. The monoisotopic (exact) mass is 332 g/mol. The van der Waals surface area contributed by atoms with E-state index >= 15 is 0 Å². The molecule has 0 bridgehead atoms. The van der Waals surface area contributed by atoms with Crippen LogP contribution in [-0.4, -0.2) is 12.2 Å². The fraction of sp³-hybridized carbons (Fsp3) is 0.0400. The Morgan fingerprint density at radius 3 is 0.538 bits per heavy atom. The molecule has 0 aromatic heterocycles. The Bertz CT molecular complexity index is 1150. The summed E-state index contributed by atoms with van der Waals surface area (Å²) in [5, 5.41) is 23.7. The average molecular weight is 332 g/mol. The summed E-state index contributed by atoms with van der Waals surface area (Å²) in [5.41, 5.74) is 0. The van der Waals surface area contributed by atoms with Gasteiger partial charge in [-0.3, -0.25) is 0 Å². The first kappa shape index (κ1) is 14.1. The Kier molecular flexibility index (Phi) is 2.55. The summed E-state index contributed by atoms with van der Waals surface area (Å²) < 4.78 is 0. The van der Waals surface area contributed by atoms with Crippen LogP contribution in [0.15, 0.2) is 72.8 Å². The maximum atomic E-state index is 7.00. The molecular formula is C25H16O. The maximum absolute atomic E-state index is 7.00. The largest absolute Gasteiger partial charge is 0.400 e. The van der Waals surface area contributed by atoms with Crippen LogP contribution in [0.3, 0.4) is 0 Å². The molecule has 0 fully saturated rings. The van der Waals surface area contributed by atoms with Gasteiger partial charge in [0.25, 0.3) is 0 Å². The minimum absolute atomic E-state index is 1.00. The van der Waals surface area contributed by atoms with E-state index in [4.69, 9.17) is 5.11 Å². The van der Waals surface area contributed by atoms with Gasteiger partial charge >= 0.3 is 0 Å². The van der Waals surface area contributed by atoms with Crippen LogP contribution in [0.1, 0.15) is 0 Å². The molecule has 26 heavy (non-hydrogen) atoms. The van der Waals surface area contributed by atoms with Crippen molar-refractivity contribution in [3.63, 3.8) is 0 Å². The van der Waals surface area contributed by atoms with E-state index in [1.54, 1.807) is 0 Å². The van der Waals surface area contributed by atoms with Gasteiger partial charge in [-0.25, -0.2) is 0 Å². The maximum Gasteiger partial charge on any atom is 0.0319 e. The Hall–Kier alpha value is -3.16. The van der Waals surface area contributed by atoms with Crippen LogP contribution in [0.5, 0.6) is 0 Å². The van der Waals surface area contributed by atoms with E-state index in [1.807, 2.05) is 0 Å². The van der Waals surface area contributed by atoms with Gasteiger partial charge in [0.05, 0.1) is 0 Å². The molecule has 0 heterocycles. The number of hydrogen-bond acceptors (Lipinski definition) is 1. The first-order valence-corrected chi connectivity index (χ1v) is 8.91. The van der Waals surface area contributed by atoms with Gasteiger partial charge in [-0.1, -0.05) is 72.8 Å². The zero-order valence-electron chi connectivity index (χ0n) is 14.4. The summed E-state index contributed by atoms with van der Waals surface area (Å²) in [4.78, 5) is 0. The van der Waals surface area contributed by atoms with Crippen LogP contribution < -0.4 is 0 Å². The average Bonchev–Trinajstić information content (AvgIpc) is 2.73. The summed E-state index contributed by atoms with van der Waals surface area (Å²) in [6.45, 7) is 0. The fourth-order valence-electron chi connectivity index (χ4n) is 4.89. The van der Waals surface area contributed by atoms with Gasteiger partial charge in [-0.2, -0.15) is 0 Å². The molecule has 1 N–H and O–H groups in total. The van der Waals surface area contributed by atoms with Crippen molar-refractivity contribution in [1.29, 1.82) is 0 Å². The standard InChI is InChI=1S/C24H12.CH4O/c1-2-14-5-6-16-9-11-18-12-10-17-8-7-15-4-3-13(1)19-20(14)22(16)24(18)23(17)21(15)19;1-2/h1-12H;2H,1H3. The number of rotatable bonds is 0. The third-order valence-electron chi connectivity index (χ3n) is 5.89. The van der Waals surface area contributed by atoms with Crippen molar-refractivity contribution in [2.75, 3.05) is 7.11 Å². The molecule has 7 rings (SSSR count). The molecule has 0 amide bonds. The second kappa shape index (κ2) is 4.72. The summed E-state index contributed by atoms with van der Waals surface area (Å²) in [6, 6.07) is 27.3. The van der Waals surface area contributed by atoms with Crippen molar-refractivity contribution in [2.45, 2.75) is 0 Å². The van der Waals surface area contributed by atoms with Crippen molar-refractivity contribution < 1.29 is 5.11 Å². The Morgan fingerprint density at radius 1 is 0.308 bits per heavy atom. The summed E-state index contributed by atoms with van der Waals surface area (Å²) in [5.74, 6) is 0. The third-order valence-corrected chi connectivity index (χ3v) is 5.89. The molecule has 0 saturated heterocycles. The molecule has 7 aromatic carbocycles. The van der Waals surface area contributed by atoms with Gasteiger partial charge in [-0.15, -0.1) is 0 Å². The van der Waals surface area contributed by atoms with Crippen molar-refractivity contribution in [2.24, 2.45) is 0 Å². The normalized spacial score (nSPS) is 12.2. The predicted molar refractivity (Wildman–Crippen MR) is 113 cm³/mol. The first-order valence-electron chi connectivity index (χ1n) is 8.91. The summed E-state index contributed by atoms with van der Waals surface area (Å²) in [6.07, 6.45) is 0. The molecule has 0 aliphatic heterocycles. The van der Waals surface area contributed by atoms with Crippen LogP contribution >= 0.6 is 0 Å². The zero-order valence-corrected chi connectivity index (χ0v) is 14.4. The van der Waals surface area contributed by atoms with E-state index < -0.39 is 0 Å². The molecule has 0 radical (unpaired) electrons. The second-order valence-electron chi connectivity index (χ2n) is 6.98. The van der Waals surface area contributed by atoms with Crippen molar-refractivity contribution in [3.05, 3.63) is 72.8 Å². The van der Waals surface area contributed by atoms with Crippen LogP contribution in [0, 0.1) is 0 Å². The molecule has 0 saturated carbocycles. The SMILES string of the molecule is CO.c1cc2ccc3ccc4ccc5ccc6ccc1c1c2c3c4c5c61. The molecule has 0 spiro atoms. The lowest BCUT2D eigenvalue weighted by Gasteiger charge is -2.20. The van der Waals surface area contributed by atoms with Crippen LogP contribution in [-0.2, 0) is 0 Å². The number of aliphatic hydroxyl groups excluding tert-OH is 1. The number of hydrogen-bond donors (Lipinski definition) is 1. The highest BCUT2D eigenvalue weighted by molar-refractivity contribution is 6.44. The van der Waals surface area contributed by atoms with E-state index in [-0.39, 0.29) is 0 Å². The quantitative estimate of drug-likeness (QED) is 0.247. The van der Waals surface area contributed by atoms with Crippen molar-refractivity contribution in [3.8, 4) is 0 Å². The van der Waals surface area contributed by atoms with Gasteiger partial charge in [-0.05, 0) is 64.6 Å². The molecule has 0 unspecified atom stereocenters. The van der Waals surface area contributed by atoms with Crippen LogP contribution in [0.25, 0.3) is 64.6 Å². The number of benzene rings is 7. The number of aliphatic hydroxyl groups is 1. The molecule has 0 aliphatic rings. The van der Waals surface area contributed by atoms with Crippen LogP contribution in [0.2, 0.25) is 0 Å². The molecule has 0 atom stereocenters. The molecular weight excluding hydrogens is 316 g/mol. The Labute approximate surface area is 150 Å². The minimum atomic E-state index is 1.00. The van der Waals surface area contributed by atoms with E-state index in [9.17, 15) is 0 Å². The lowest BCUT2D eigenvalue weighted by Crippen LogP contribution is -1.91. The summed E-state index contributed by atoms with van der Waals surface area (Å²) >= 11 is 0. The predicted octanol–water partition coefficient (Wildman–Crippen LogP) is 6.53. The highest BCUT2D eigenvalue weighted by Crippen LogP contribution is 2.47. The fourth-order valence-corrected chi connectivity index (χ4v) is 4.89. The first-order chi connectivity index (χ1) is 12.9. The Balaban J connectivity index is 0.000000666. The van der Waals surface area contributed by atoms with Gasteiger partial charge in [0, 0.05) is 7.11 Å². The second-order valence-corrected chi connectivity index (χ2v) is 6.98.